The lowest BCUT2D eigenvalue weighted by atomic mass is 10.1. The number of benzene rings is 2. The molecule has 1 saturated heterocycles. The normalized spacial score (nSPS) is 16.4. The van der Waals surface area contributed by atoms with E-state index in [2.05, 4.69) is 10.2 Å². The van der Waals surface area contributed by atoms with E-state index in [0.29, 0.717) is 31.9 Å². The molecular weight excluding hydrogens is 374 g/mol. The number of carbonyl (C=O) groups is 1. The number of nitrogens with one attached hydrogen (secondary N) is 1. The van der Waals surface area contributed by atoms with Crippen LogP contribution in [0.4, 0.5) is 5.69 Å². The Bertz CT molecular complexity index is 978. The topological polar surface area (TPSA) is 69.7 Å². The molecule has 1 aliphatic rings. The van der Waals surface area contributed by atoms with Crippen molar-refractivity contribution in [1.82, 2.24) is 9.21 Å². The molecule has 1 N–H and O–H groups in total. The summed E-state index contributed by atoms with van der Waals surface area (Å²) < 4.78 is 27.2. The minimum absolute atomic E-state index is 0.192. The van der Waals surface area contributed by atoms with Crippen LogP contribution in [0.25, 0.3) is 6.08 Å². The maximum Gasteiger partial charge on any atom is 0.248 e. The van der Waals surface area contributed by atoms with Gasteiger partial charge in [0.15, 0.2) is 0 Å². The Morgan fingerprint density at radius 3 is 2.46 bits per heavy atom. The van der Waals surface area contributed by atoms with E-state index in [1.54, 1.807) is 24.3 Å². The second kappa shape index (κ2) is 8.68. The van der Waals surface area contributed by atoms with Crippen LogP contribution in [0.1, 0.15) is 11.1 Å². The molecule has 2 aromatic carbocycles. The number of sulfonamides is 1. The number of likely N-dealkylation sites (N-methyl/N-ethyl adjacent to an activating group) is 1. The first kappa shape index (κ1) is 20.3. The van der Waals surface area contributed by atoms with E-state index >= 15 is 0 Å². The number of hydrogen-bond donors (Lipinski definition) is 1. The highest BCUT2D eigenvalue weighted by Crippen LogP contribution is 2.21. The molecule has 1 aliphatic heterocycles. The number of amides is 1. The molecule has 0 spiro atoms. The summed E-state index contributed by atoms with van der Waals surface area (Å²) in [5.74, 6) is -0.310. The van der Waals surface area contributed by atoms with E-state index in [1.807, 2.05) is 38.2 Å². The first-order chi connectivity index (χ1) is 13.3. The molecule has 28 heavy (non-hydrogen) atoms. The molecule has 0 saturated carbocycles. The number of aryl methyl sites for hydroxylation is 1. The first-order valence-electron chi connectivity index (χ1n) is 9.19. The van der Waals surface area contributed by atoms with Crippen LogP contribution < -0.4 is 5.32 Å². The number of piperazine rings is 1. The van der Waals surface area contributed by atoms with Crippen molar-refractivity contribution < 1.29 is 13.2 Å². The lowest BCUT2D eigenvalue weighted by Gasteiger charge is -2.31. The summed E-state index contributed by atoms with van der Waals surface area (Å²) in [5, 5.41) is 2.73. The van der Waals surface area contributed by atoms with Gasteiger partial charge in [-0.3, -0.25) is 4.79 Å². The van der Waals surface area contributed by atoms with Crippen molar-refractivity contribution in [3.63, 3.8) is 0 Å². The van der Waals surface area contributed by atoms with Gasteiger partial charge in [-0.1, -0.05) is 35.9 Å². The molecule has 1 heterocycles. The van der Waals surface area contributed by atoms with Gasteiger partial charge in [0.05, 0.1) is 4.90 Å². The second-order valence-electron chi connectivity index (χ2n) is 6.97. The fraction of sp³-hybridized carbons (Fsp3) is 0.286. The molecule has 0 unspecified atom stereocenters. The van der Waals surface area contributed by atoms with Gasteiger partial charge in [0, 0.05) is 37.9 Å². The molecule has 6 nitrogen and oxygen atoms in total. The Balaban J connectivity index is 1.70. The molecule has 1 fully saturated rings. The van der Waals surface area contributed by atoms with Crippen LogP contribution in [0.15, 0.2) is 59.5 Å². The number of nitrogens with zero attached hydrogens (tertiary/aromatic N) is 2. The number of anilines is 1. The minimum atomic E-state index is -3.57. The van der Waals surface area contributed by atoms with Crippen LogP contribution in [0.5, 0.6) is 0 Å². The molecule has 2 aromatic rings. The van der Waals surface area contributed by atoms with Gasteiger partial charge in [0.2, 0.25) is 15.9 Å². The maximum absolute atomic E-state index is 12.9. The average molecular weight is 400 g/mol. The number of rotatable bonds is 5. The summed E-state index contributed by atoms with van der Waals surface area (Å²) in [5.41, 5.74) is 2.50. The summed E-state index contributed by atoms with van der Waals surface area (Å²) in [6.45, 7) is 4.34. The van der Waals surface area contributed by atoms with Gasteiger partial charge in [-0.25, -0.2) is 8.42 Å². The van der Waals surface area contributed by atoms with Crippen LogP contribution in [0.3, 0.4) is 0 Å². The van der Waals surface area contributed by atoms with Crippen molar-refractivity contribution in [3.8, 4) is 0 Å². The van der Waals surface area contributed by atoms with E-state index in [0.717, 1.165) is 11.1 Å². The van der Waals surface area contributed by atoms with Gasteiger partial charge < -0.3 is 10.2 Å². The zero-order valence-electron chi connectivity index (χ0n) is 16.1. The quantitative estimate of drug-likeness (QED) is 0.785. The fourth-order valence-corrected chi connectivity index (χ4v) is 4.51. The van der Waals surface area contributed by atoms with Gasteiger partial charge in [-0.2, -0.15) is 4.31 Å². The third-order valence-electron chi connectivity index (χ3n) is 4.67. The Hall–Kier alpha value is -2.48. The average Bonchev–Trinajstić information content (AvgIpc) is 2.67. The highest BCUT2D eigenvalue weighted by molar-refractivity contribution is 7.89. The van der Waals surface area contributed by atoms with E-state index in [1.165, 1.54) is 16.4 Å². The van der Waals surface area contributed by atoms with E-state index in [-0.39, 0.29) is 10.8 Å². The fourth-order valence-electron chi connectivity index (χ4n) is 3.04. The number of carbonyl (C=O) groups excluding carboxylic acids is 1. The summed E-state index contributed by atoms with van der Waals surface area (Å²) in [4.78, 5) is 14.5. The third-order valence-corrected chi connectivity index (χ3v) is 6.57. The largest absolute Gasteiger partial charge is 0.322 e. The zero-order chi connectivity index (χ0) is 20.1. The van der Waals surface area contributed by atoms with Gasteiger partial charge in [0.1, 0.15) is 0 Å². The first-order valence-corrected chi connectivity index (χ1v) is 10.6. The monoisotopic (exact) mass is 399 g/mol. The molecule has 7 heteroatoms. The summed E-state index contributed by atoms with van der Waals surface area (Å²) in [6.07, 6.45) is 3.17. The minimum Gasteiger partial charge on any atom is -0.322 e. The zero-order valence-corrected chi connectivity index (χ0v) is 16.9. The van der Waals surface area contributed by atoms with E-state index in [4.69, 9.17) is 0 Å². The van der Waals surface area contributed by atoms with Crippen LogP contribution in [-0.4, -0.2) is 56.8 Å². The van der Waals surface area contributed by atoms with Crippen molar-refractivity contribution in [2.45, 2.75) is 11.8 Å². The molecule has 1 amide bonds. The Labute approximate surface area is 166 Å². The molecule has 3 rings (SSSR count). The van der Waals surface area contributed by atoms with Crippen LogP contribution in [0, 0.1) is 6.92 Å². The maximum atomic E-state index is 12.9. The predicted octanol–water partition coefficient (Wildman–Crippen LogP) is 2.58. The Kier molecular flexibility index (Phi) is 6.28. The molecule has 0 aromatic heterocycles. The molecule has 148 valence electrons. The lowest BCUT2D eigenvalue weighted by Crippen LogP contribution is -2.47. The standard InChI is InChI=1S/C21H25N3O3S/c1-17-5-3-6-18(15-17)9-10-21(25)22-19-7-4-8-20(16-19)28(26,27)24-13-11-23(2)12-14-24/h3-10,15-16H,11-14H2,1-2H3,(H,22,25). The molecule has 0 bridgehead atoms. The van der Waals surface area contributed by atoms with E-state index < -0.39 is 10.0 Å². The van der Waals surface area contributed by atoms with Gasteiger partial charge in [-0.05, 0) is 43.8 Å². The summed E-state index contributed by atoms with van der Waals surface area (Å²) >= 11 is 0. The third kappa shape index (κ3) is 5.07. The van der Waals surface area contributed by atoms with Gasteiger partial charge in [0.25, 0.3) is 0 Å². The van der Waals surface area contributed by atoms with E-state index in [9.17, 15) is 13.2 Å². The van der Waals surface area contributed by atoms with Gasteiger partial charge in [-0.15, -0.1) is 0 Å². The lowest BCUT2D eigenvalue weighted by molar-refractivity contribution is -0.111. The van der Waals surface area contributed by atoms with Crippen LogP contribution in [0.2, 0.25) is 0 Å². The van der Waals surface area contributed by atoms with Crippen molar-refractivity contribution >= 4 is 27.7 Å². The number of hydrogen-bond acceptors (Lipinski definition) is 4. The molecular formula is C21H25N3O3S. The smallest absolute Gasteiger partial charge is 0.248 e. The molecule has 0 atom stereocenters. The Morgan fingerprint density at radius 1 is 1.04 bits per heavy atom. The second-order valence-corrected chi connectivity index (χ2v) is 8.91. The highest BCUT2D eigenvalue weighted by atomic mass is 32.2. The molecule has 0 aliphatic carbocycles. The van der Waals surface area contributed by atoms with Crippen molar-refractivity contribution in [2.75, 3.05) is 38.5 Å². The Morgan fingerprint density at radius 2 is 1.75 bits per heavy atom. The van der Waals surface area contributed by atoms with Gasteiger partial charge >= 0.3 is 0 Å². The summed E-state index contributed by atoms with van der Waals surface area (Å²) in [7, 11) is -1.59. The van der Waals surface area contributed by atoms with Crippen molar-refractivity contribution in [2.24, 2.45) is 0 Å². The van der Waals surface area contributed by atoms with Crippen LogP contribution >= 0.6 is 0 Å². The van der Waals surface area contributed by atoms with Crippen molar-refractivity contribution in [3.05, 3.63) is 65.7 Å². The van der Waals surface area contributed by atoms with Crippen LogP contribution in [-0.2, 0) is 14.8 Å². The van der Waals surface area contributed by atoms with Crippen molar-refractivity contribution in [1.29, 1.82) is 0 Å². The highest BCUT2D eigenvalue weighted by Gasteiger charge is 2.27. The SMILES string of the molecule is Cc1cccc(C=CC(=O)Nc2cccc(S(=O)(=O)N3CCN(C)CC3)c2)c1. The summed E-state index contributed by atoms with van der Waals surface area (Å²) in [6, 6.07) is 14.2. The molecule has 0 radical (unpaired) electrons. The predicted molar refractivity (Wildman–Crippen MR) is 112 cm³/mol.